The lowest BCUT2D eigenvalue weighted by atomic mass is 9.44. The molecule has 2 bridgehead atoms. The van der Waals surface area contributed by atoms with Gasteiger partial charge < -0.3 is 9.64 Å². The van der Waals surface area contributed by atoms with Crippen LogP contribution >= 0.6 is 0 Å². The minimum absolute atomic E-state index is 0.0286. The Morgan fingerprint density at radius 3 is 2.83 bits per heavy atom. The number of para-hydroxylation sites is 1. The average molecular weight is 397 g/mol. The highest BCUT2D eigenvalue weighted by Crippen LogP contribution is 2.71. The maximum atomic E-state index is 6.96. The van der Waals surface area contributed by atoms with Crippen molar-refractivity contribution in [3.63, 3.8) is 0 Å². The van der Waals surface area contributed by atoms with Crippen LogP contribution in [0.4, 0.5) is 0 Å². The van der Waals surface area contributed by atoms with E-state index in [0.717, 1.165) is 37.1 Å². The van der Waals surface area contributed by atoms with E-state index in [2.05, 4.69) is 69.1 Å². The molecule has 2 aliphatic carbocycles. The minimum Gasteiger partial charge on any atom is -0.483 e. The van der Waals surface area contributed by atoms with Crippen LogP contribution in [0, 0.1) is 19.3 Å². The maximum absolute atomic E-state index is 6.96. The molecule has 1 saturated heterocycles. The Morgan fingerprint density at radius 2 is 1.97 bits per heavy atom. The molecule has 4 atom stereocenters. The number of pyridine rings is 1. The molecule has 4 aliphatic rings. The Morgan fingerprint density at radius 1 is 1.13 bits per heavy atom. The van der Waals surface area contributed by atoms with Crippen LogP contribution in [0.5, 0.6) is 5.75 Å². The van der Waals surface area contributed by atoms with Gasteiger partial charge in [0.1, 0.15) is 5.75 Å². The molecular weight excluding hydrogens is 368 g/mol. The van der Waals surface area contributed by atoms with E-state index in [-0.39, 0.29) is 16.9 Å². The first-order chi connectivity index (χ1) is 14.5. The van der Waals surface area contributed by atoms with Gasteiger partial charge in [-0.3, -0.25) is 0 Å². The lowest BCUT2D eigenvalue weighted by molar-refractivity contribution is -0.0910. The van der Waals surface area contributed by atoms with Crippen LogP contribution in [0.15, 0.2) is 36.4 Å². The third-order valence-electron chi connectivity index (χ3n) is 9.23. The van der Waals surface area contributed by atoms with Gasteiger partial charge in [-0.15, -0.1) is 0 Å². The van der Waals surface area contributed by atoms with E-state index >= 15 is 0 Å². The number of rotatable bonds is 0. The van der Waals surface area contributed by atoms with Gasteiger partial charge >= 0.3 is 0 Å². The second-order valence-corrected chi connectivity index (χ2v) is 10.4. The number of nitrogens with zero attached hydrogens (tertiary/aromatic N) is 2. The van der Waals surface area contributed by atoms with Crippen LogP contribution in [0.25, 0.3) is 10.9 Å². The topological polar surface area (TPSA) is 25.4 Å². The molecule has 2 aromatic carbocycles. The smallest absolute Gasteiger partial charge is 0.151 e. The molecule has 0 radical (unpaired) electrons. The molecule has 3 aromatic rings. The predicted molar refractivity (Wildman–Crippen MR) is 119 cm³/mol. The zero-order chi connectivity index (χ0) is 20.4. The molecule has 1 fully saturated rings. The Bertz CT molecular complexity index is 1260. The Hall–Kier alpha value is -2.39. The van der Waals surface area contributed by atoms with Gasteiger partial charge in [0.05, 0.1) is 16.6 Å². The summed E-state index contributed by atoms with van der Waals surface area (Å²) in [5.74, 6) is 1.16. The molecule has 1 spiro atoms. The summed E-state index contributed by atoms with van der Waals surface area (Å²) in [5, 5.41) is 1.29. The van der Waals surface area contributed by atoms with Crippen molar-refractivity contribution in [3.8, 4) is 5.75 Å². The van der Waals surface area contributed by atoms with E-state index < -0.39 is 0 Å². The van der Waals surface area contributed by atoms with Crippen molar-refractivity contribution in [2.75, 3.05) is 13.6 Å². The number of hydrogen-bond donors (Lipinski definition) is 0. The maximum Gasteiger partial charge on any atom is 0.151 e. The predicted octanol–water partition coefficient (Wildman–Crippen LogP) is 5.05. The summed E-state index contributed by atoms with van der Waals surface area (Å²) < 4.78 is 6.96. The number of ether oxygens (including phenoxy) is 1. The van der Waals surface area contributed by atoms with Crippen LogP contribution < -0.4 is 4.74 Å². The lowest BCUT2D eigenvalue weighted by Gasteiger charge is -2.64. The highest BCUT2D eigenvalue weighted by atomic mass is 16.5. The van der Waals surface area contributed by atoms with Crippen molar-refractivity contribution >= 4 is 10.9 Å². The highest BCUT2D eigenvalue weighted by molar-refractivity contribution is 5.84. The molecular formula is C27H28N2O. The first-order valence-electron chi connectivity index (χ1n) is 11.3. The Kier molecular flexibility index (Phi) is 3.03. The van der Waals surface area contributed by atoms with Gasteiger partial charge in [0.2, 0.25) is 0 Å². The summed E-state index contributed by atoms with van der Waals surface area (Å²) in [4.78, 5) is 7.90. The van der Waals surface area contributed by atoms with Gasteiger partial charge in [-0.05, 0) is 75.0 Å². The molecule has 1 aromatic heterocycles. The van der Waals surface area contributed by atoms with Crippen LogP contribution in [0.3, 0.4) is 0 Å². The molecule has 3 heteroatoms. The molecule has 0 saturated carbocycles. The number of likely N-dealkylation sites (N-methyl/N-ethyl adjacent to an activating group) is 1. The first-order valence-corrected chi connectivity index (χ1v) is 11.3. The first kappa shape index (κ1) is 17.3. The number of likely N-dealkylation sites (tertiary alicyclic amines) is 1. The minimum atomic E-state index is 0.0286. The van der Waals surface area contributed by atoms with Gasteiger partial charge in [0.15, 0.2) is 6.10 Å². The third kappa shape index (κ3) is 1.70. The van der Waals surface area contributed by atoms with Crippen LogP contribution in [-0.4, -0.2) is 29.5 Å². The van der Waals surface area contributed by atoms with Crippen molar-refractivity contribution in [1.29, 1.82) is 0 Å². The molecule has 152 valence electrons. The Balaban J connectivity index is 1.61. The quantitative estimate of drug-likeness (QED) is 0.532. The highest BCUT2D eigenvalue weighted by Gasteiger charge is 2.70. The Labute approximate surface area is 178 Å². The molecule has 7 rings (SSSR count). The van der Waals surface area contributed by atoms with Gasteiger partial charge in [0, 0.05) is 22.4 Å². The monoisotopic (exact) mass is 396 g/mol. The van der Waals surface area contributed by atoms with Crippen LogP contribution in [-0.2, 0) is 18.3 Å². The molecule has 0 amide bonds. The lowest BCUT2D eigenvalue weighted by Crippen LogP contribution is -2.68. The number of piperidine rings is 1. The molecule has 3 heterocycles. The SMILES string of the molecule is Cc1ccc2c3c1O[C@H]1c4nc5ccccc5c(C)c4C[C@@]4(C)[C@H](C2)N(C)CC[C@]314. The number of benzene rings is 2. The van der Waals surface area contributed by atoms with E-state index in [1.807, 2.05) is 0 Å². The van der Waals surface area contributed by atoms with Crippen molar-refractivity contribution in [1.82, 2.24) is 9.88 Å². The van der Waals surface area contributed by atoms with Gasteiger partial charge in [0.25, 0.3) is 0 Å². The number of hydrogen-bond acceptors (Lipinski definition) is 3. The summed E-state index contributed by atoms with van der Waals surface area (Å²) in [6.07, 6.45) is 3.40. The van der Waals surface area contributed by atoms with Gasteiger partial charge in [-0.2, -0.15) is 0 Å². The van der Waals surface area contributed by atoms with E-state index in [4.69, 9.17) is 9.72 Å². The zero-order valence-electron chi connectivity index (χ0n) is 18.2. The van der Waals surface area contributed by atoms with Gasteiger partial charge in [-0.1, -0.05) is 37.3 Å². The largest absolute Gasteiger partial charge is 0.483 e. The molecule has 0 unspecified atom stereocenters. The van der Waals surface area contributed by atoms with Crippen LogP contribution in [0.1, 0.15) is 53.0 Å². The van der Waals surface area contributed by atoms with Crippen molar-refractivity contribution in [3.05, 3.63) is 69.9 Å². The third-order valence-corrected chi connectivity index (χ3v) is 9.23. The van der Waals surface area contributed by atoms with Gasteiger partial charge in [-0.25, -0.2) is 4.98 Å². The van der Waals surface area contributed by atoms with E-state index in [1.165, 1.54) is 38.9 Å². The average Bonchev–Trinajstić information content (AvgIpc) is 3.09. The number of aromatic nitrogens is 1. The summed E-state index contributed by atoms with van der Waals surface area (Å²) in [7, 11) is 2.33. The fourth-order valence-electron chi connectivity index (χ4n) is 7.71. The fourth-order valence-corrected chi connectivity index (χ4v) is 7.71. The summed E-state index contributed by atoms with van der Waals surface area (Å²) in [6.45, 7) is 8.20. The summed E-state index contributed by atoms with van der Waals surface area (Å²) in [6, 6.07) is 13.8. The number of fused-ring (bicyclic) bond motifs is 3. The van der Waals surface area contributed by atoms with Crippen molar-refractivity contribution in [2.45, 2.75) is 57.6 Å². The molecule has 30 heavy (non-hydrogen) atoms. The number of aryl methyl sites for hydroxylation is 2. The van der Waals surface area contributed by atoms with Crippen molar-refractivity contribution < 1.29 is 4.74 Å². The zero-order valence-corrected chi connectivity index (χ0v) is 18.2. The summed E-state index contributed by atoms with van der Waals surface area (Å²) >= 11 is 0. The van der Waals surface area contributed by atoms with E-state index in [9.17, 15) is 0 Å². The van der Waals surface area contributed by atoms with E-state index in [0.29, 0.717) is 6.04 Å². The molecule has 0 N–H and O–H groups in total. The second-order valence-electron chi connectivity index (χ2n) is 10.4. The standard InChI is InChI=1S/C27H28N2O/c1-15-9-10-17-13-21-26(3)14-19-16(2)18-7-5-6-8-20(18)28-23(19)25-27(26,11-12-29(21)4)22(17)24(15)30-25/h5-10,21,25H,11-14H2,1-4H3/t21-,25-,26-,27-/m0/s1. The molecule has 3 nitrogen and oxygen atoms in total. The normalized spacial score (nSPS) is 33.2. The fraction of sp³-hybridized carbons (Fsp3) is 0.444. The second kappa shape index (κ2) is 5.26. The van der Waals surface area contributed by atoms with E-state index in [1.54, 1.807) is 0 Å². The van der Waals surface area contributed by atoms with Crippen LogP contribution in [0.2, 0.25) is 0 Å². The molecule has 2 aliphatic heterocycles. The van der Waals surface area contributed by atoms with Crippen molar-refractivity contribution in [2.24, 2.45) is 5.41 Å². The summed E-state index contributed by atoms with van der Waals surface area (Å²) in [5.41, 5.74) is 9.63.